The molecule has 1 atom stereocenters. The topological polar surface area (TPSA) is 73.5 Å². The fraction of sp³-hybridized carbons (Fsp3) is 0.667. The molecule has 0 saturated carbocycles. The van der Waals surface area contributed by atoms with Gasteiger partial charge in [0.15, 0.2) is 5.82 Å². The van der Waals surface area contributed by atoms with E-state index >= 15 is 0 Å². The van der Waals surface area contributed by atoms with Crippen LogP contribution in [0, 0.1) is 0 Å². The summed E-state index contributed by atoms with van der Waals surface area (Å²) in [5, 5.41) is 20.1. The maximum atomic E-state index is 4.49. The van der Waals surface area contributed by atoms with E-state index in [4.69, 9.17) is 0 Å². The van der Waals surface area contributed by atoms with Crippen molar-refractivity contribution in [2.75, 3.05) is 6.54 Å². The van der Waals surface area contributed by atoms with Gasteiger partial charge in [0.05, 0.1) is 24.5 Å². The van der Waals surface area contributed by atoms with Crippen molar-refractivity contribution in [1.29, 1.82) is 0 Å². The van der Waals surface area contributed by atoms with Gasteiger partial charge < -0.3 is 5.32 Å². The first-order chi connectivity index (χ1) is 9.13. The Balaban J connectivity index is 2.21. The Hall–Kier alpha value is -1.76. The van der Waals surface area contributed by atoms with Gasteiger partial charge in [0, 0.05) is 13.5 Å². The van der Waals surface area contributed by atoms with Crippen molar-refractivity contribution in [2.24, 2.45) is 14.1 Å². The fourth-order valence-corrected chi connectivity index (χ4v) is 2.16. The summed E-state index contributed by atoms with van der Waals surface area (Å²) in [4.78, 5) is 1.49. The van der Waals surface area contributed by atoms with E-state index in [1.807, 2.05) is 11.7 Å². The Morgan fingerprint density at radius 1 is 1.26 bits per heavy atom. The number of hydrogen-bond acceptors (Lipinski definition) is 5. The summed E-state index contributed by atoms with van der Waals surface area (Å²) in [6.45, 7) is 5.09. The van der Waals surface area contributed by atoms with Crippen molar-refractivity contribution in [3.05, 3.63) is 23.3 Å². The molecule has 1 N–H and O–H groups in total. The van der Waals surface area contributed by atoms with Crippen molar-refractivity contribution in [2.45, 2.75) is 32.7 Å². The maximum Gasteiger partial charge on any atom is 0.176 e. The van der Waals surface area contributed by atoms with Crippen LogP contribution >= 0.6 is 0 Å². The van der Waals surface area contributed by atoms with E-state index < -0.39 is 0 Å². The number of aromatic nitrogens is 6. The first-order valence-electron chi connectivity index (χ1n) is 6.63. The molecule has 7 heteroatoms. The number of tetrazole rings is 1. The summed E-state index contributed by atoms with van der Waals surface area (Å²) in [6, 6.07) is 2.30. The highest BCUT2D eigenvalue weighted by Gasteiger charge is 2.18. The Morgan fingerprint density at radius 2 is 2.05 bits per heavy atom. The van der Waals surface area contributed by atoms with Gasteiger partial charge in [0.25, 0.3) is 0 Å². The SMILES string of the molecule is CCNC(Cc1nnn(C)n1)c1cc(CC)nn1C. The van der Waals surface area contributed by atoms with Crippen LogP contribution in [-0.2, 0) is 26.9 Å². The summed E-state index contributed by atoms with van der Waals surface area (Å²) < 4.78 is 1.93. The normalized spacial score (nSPS) is 12.8. The molecule has 2 aromatic heterocycles. The van der Waals surface area contributed by atoms with E-state index in [1.54, 1.807) is 7.05 Å². The predicted octanol–water partition coefficient (Wildman–Crippen LogP) is 0.399. The molecular weight excluding hydrogens is 242 g/mol. The van der Waals surface area contributed by atoms with Gasteiger partial charge in [-0.05, 0) is 24.2 Å². The molecule has 0 spiro atoms. The second kappa shape index (κ2) is 5.92. The highest BCUT2D eigenvalue weighted by atomic mass is 15.6. The van der Waals surface area contributed by atoms with E-state index in [2.05, 4.69) is 45.7 Å². The van der Waals surface area contributed by atoms with Crippen LogP contribution in [0.4, 0.5) is 0 Å². The van der Waals surface area contributed by atoms with Gasteiger partial charge in [0.1, 0.15) is 0 Å². The molecule has 0 fully saturated rings. The highest BCUT2D eigenvalue weighted by molar-refractivity contribution is 5.15. The molecule has 0 aliphatic rings. The lowest BCUT2D eigenvalue weighted by Crippen LogP contribution is -2.25. The molecule has 0 radical (unpaired) electrons. The van der Waals surface area contributed by atoms with Gasteiger partial charge in [-0.1, -0.05) is 13.8 Å². The van der Waals surface area contributed by atoms with Crippen LogP contribution in [0.25, 0.3) is 0 Å². The van der Waals surface area contributed by atoms with E-state index in [-0.39, 0.29) is 6.04 Å². The molecule has 2 rings (SSSR count). The van der Waals surface area contributed by atoms with Gasteiger partial charge in [0.2, 0.25) is 0 Å². The second-order valence-corrected chi connectivity index (χ2v) is 4.55. The lowest BCUT2D eigenvalue weighted by molar-refractivity contribution is 0.496. The zero-order valence-corrected chi connectivity index (χ0v) is 12.0. The van der Waals surface area contributed by atoms with Gasteiger partial charge in [-0.15, -0.1) is 10.2 Å². The maximum absolute atomic E-state index is 4.49. The van der Waals surface area contributed by atoms with Crippen LogP contribution in [0.5, 0.6) is 0 Å². The third kappa shape index (κ3) is 3.17. The Labute approximate surface area is 113 Å². The first-order valence-corrected chi connectivity index (χ1v) is 6.63. The molecule has 2 aromatic rings. The second-order valence-electron chi connectivity index (χ2n) is 4.55. The lowest BCUT2D eigenvalue weighted by Gasteiger charge is -2.16. The largest absolute Gasteiger partial charge is 0.309 e. The summed E-state index contributed by atoms with van der Waals surface area (Å²) in [7, 11) is 3.75. The zero-order chi connectivity index (χ0) is 13.8. The third-order valence-electron chi connectivity index (χ3n) is 3.07. The van der Waals surface area contributed by atoms with E-state index in [9.17, 15) is 0 Å². The van der Waals surface area contributed by atoms with E-state index in [0.717, 1.165) is 30.2 Å². The number of aryl methyl sites for hydroxylation is 3. The van der Waals surface area contributed by atoms with Crippen LogP contribution in [0.3, 0.4) is 0 Å². The molecule has 0 bridgehead atoms. The van der Waals surface area contributed by atoms with Gasteiger partial charge in [-0.3, -0.25) is 4.68 Å². The van der Waals surface area contributed by atoms with E-state index in [0.29, 0.717) is 6.42 Å². The smallest absolute Gasteiger partial charge is 0.176 e. The van der Waals surface area contributed by atoms with Gasteiger partial charge in [-0.25, -0.2) is 0 Å². The van der Waals surface area contributed by atoms with Crippen molar-refractivity contribution in [3.8, 4) is 0 Å². The predicted molar refractivity (Wildman–Crippen MR) is 71.5 cm³/mol. The standard InChI is InChI=1S/C12H21N7/c1-5-9-7-11(18(3)15-9)10(13-6-2)8-12-14-17-19(4)16-12/h7,10,13H,5-6,8H2,1-4H3. The number of rotatable bonds is 6. The van der Waals surface area contributed by atoms with Gasteiger partial charge in [-0.2, -0.15) is 9.90 Å². The minimum Gasteiger partial charge on any atom is -0.309 e. The van der Waals surface area contributed by atoms with Crippen molar-refractivity contribution < 1.29 is 0 Å². The Kier molecular flexibility index (Phi) is 4.26. The highest BCUT2D eigenvalue weighted by Crippen LogP contribution is 2.17. The Morgan fingerprint density at radius 3 is 2.58 bits per heavy atom. The van der Waals surface area contributed by atoms with E-state index in [1.165, 1.54) is 4.80 Å². The zero-order valence-electron chi connectivity index (χ0n) is 12.0. The molecule has 0 aliphatic heterocycles. The molecular formula is C12H21N7. The van der Waals surface area contributed by atoms with Gasteiger partial charge >= 0.3 is 0 Å². The fourth-order valence-electron chi connectivity index (χ4n) is 2.16. The summed E-state index contributed by atoms with van der Waals surface area (Å²) in [5.41, 5.74) is 2.26. The van der Waals surface area contributed by atoms with Crippen molar-refractivity contribution in [3.63, 3.8) is 0 Å². The molecule has 7 nitrogen and oxygen atoms in total. The summed E-state index contributed by atoms with van der Waals surface area (Å²) in [6.07, 6.45) is 1.65. The average molecular weight is 263 g/mol. The molecule has 0 saturated heterocycles. The van der Waals surface area contributed by atoms with Crippen LogP contribution in [0.15, 0.2) is 6.07 Å². The molecule has 0 aromatic carbocycles. The summed E-state index contributed by atoms with van der Waals surface area (Å²) >= 11 is 0. The number of nitrogens with one attached hydrogen (secondary N) is 1. The first kappa shape index (κ1) is 13.7. The number of hydrogen-bond donors (Lipinski definition) is 1. The van der Waals surface area contributed by atoms with Crippen LogP contribution in [0.2, 0.25) is 0 Å². The molecule has 2 heterocycles. The minimum absolute atomic E-state index is 0.159. The van der Waals surface area contributed by atoms with Crippen molar-refractivity contribution >= 4 is 0 Å². The molecule has 0 amide bonds. The number of likely N-dealkylation sites (N-methyl/N-ethyl adjacent to an activating group) is 1. The van der Waals surface area contributed by atoms with Crippen LogP contribution in [0.1, 0.15) is 37.1 Å². The molecule has 1 unspecified atom stereocenters. The lowest BCUT2D eigenvalue weighted by atomic mass is 10.1. The average Bonchev–Trinajstić information content (AvgIpc) is 2.95. The minimum atomic E-state index is 0.159. The molecule has 0 aliphatic carbocycles. The Bertz CT molecular complexity index is 528. The van der Waals surface area contributed by atoms with Crippen LogP contribution < -0.4 is 5.32 Å². The number of nitrogens with zero attached hydrogens (tertiary/aromatic N) is 6. The van der Waals surface area contributed by atoms with Crippen LogP contribution in [-0.4, -0.2) is 36.5 Å². The quantitative estimate of drug-likeness (QED) is 0.816. The summed E-state index contributed by atoms with van der Waals surface area (Å²) in [5.74, 6) is 0.743. The molecule has 19 heavy (non-hydrogen) atoms. The van der Waals surface area contributed by atoms with Crippen molar-refractivity contribution in [1.82, 2.24) is 35.3 Å². The molecule has 104 valence electrons. The third-order valence-corrected chi connectivity index (χ3v) is 3.07. The monoisotopic (exact) mass is 263 g/mol.